The molecule has 1 aliphatic rings. The molecule has 0 unspecified atom stereocenters. The first-order chi connectivity index (χ1) is 27.2. The number of thiophene rings is 1. The summed E-state index contributed by atoms with van der Waals surface area (Å²) in [4.78, 5) is 0. The molecule has 1 heterocycles. The Kier molecular flexibility index (Phi) is 7.71. The van der Waals surface area contributed by atoms with Crippen LogP contribution in [0.25, 0.3) is 85.9 Å². The van der Waals surface area contributed by atoms with E-state index in [2.05, 4.69) is 182 Å². The van der Waals surface area contributed by atoms with E-state index in [9.17, 15) is 0 Å². The minimum absolute atomic E-state index is 0.0330. The van der Waals surface area contributed by atoms with Gasteiger partial charge in [0.15, 0.2) is 0 Å². The Morgan fingerprint density at radius 3 is 1.45 bits per heavy atom. The molecule has 0 N–H and O–H groups in total. The van der Waals surface area contributed by atoms with Crippen LogP contribution < -0.4 is 0 Å². The SMILES string of the molecule is c1ccc(-c2ccc3c4ccccc4c4ccc(-c5ccc(C6(c7ccc(-c8cccc9c8sc8ccccc89)cc7)CCCCC6)cc5)cc4c3c2)cc1. The lowest BCUT2D eigenvalue weighted by atomic mass is 9.65. The van der Waals surface area contributed by atoms with Gasteiger partial charge in [0, 0.05) is 25.6 Å². The van der Waals surface area contributed by atoms with E-state index in [0.29, 0.717) is 0 Å². The quantitative estimate of drug-likeness (QED) is 0.155. The number of fused-ring (bicyclic) bond motifs is 9. The van der Waals surface area contributed by atoms with E-state index in [1.54, 1.807) is 0 Å². The lowest BCUT2D eigenvalue weighted by molar-refractivity contribution is 0.346. The highest BCUT2D eigenvalue weighted by atomic mass is 32.1. The highest BCUT2D eigenvalue weighted by molar-refractivity contribution is 7.26. The average molecular weight is 721 g/mol. The summed E-state index contributed by atoms with van der Waals surface area (Å²) in [5.74, 6) is 0. The van der Waals surface area contributed by atoms with Crippen molar-refractivity contribution in [2.24, 2.45) is 0 Å². The molecule has 1 fully saturated rings. The zero-order chi connectivity index (χ0) is 36.3. The minimum atomic E-state index is 0.0330. The summed E-state index contributed by atoms with van der Waals surface area (Å²) in [5.41, 5.74) is 10.6. The highest BCUT2D eigenvalue weighted by Crippen LogP contribution is 2.47. The molecule has 10 aromatic rings. The van der Waals surface area contributed by atoms with E-state index in [1.807, 2.05) is 11.3 Å². The zero-order valence-electron chi connectivity index (χ0n) is 30.8. The van der Waals surface area contributed by atoms with Crippen molar-refractivity contribution in [1.82, 2.24) is 0 Å². The van der Waals surface area contributed by atoms with Gasteiger partial charge in [-0.1, -0.05) is 183 Å². The Labute approximate surface area is 326 Å². The highest BCUT2D eigenvalue weighted by Gasteiger charge is 2.35. The fourth-order valence-corrected chi connectivity index (χ4v) is 11.0. The summed E-state index contributed by atoms with van der Waals surface area (Å²) < 4.78 is 2.74. The van der Waals surface area contributed by atoms with Gasteiger partial charge in [-0.15, -0.1) is 11.3 Å². The van der Waals surface area contributed by atoms with Gasteiger partial charge in [0.05, 0.1) is 0 Å². The van der Waals surface area contributed by atoms with E-state index in [-0.39, 0.29) is 5.41 Å². The maximum Gasteiger partial charge on any atom is 0.0433 e. The minimum Gasteiger partial charge on any atom is -0.135 e. The molecule has 262 valence electrons. The molecule has 0 spiro atoms. The molecular weight excluding hydrogens is 681 g/mol. The molecule has 1 heteroatoms. The number of hydrogen-bond acceptors (Lipinski definition) is 1. The van der Waals surface area contributed by atoms with Crippen molar-refractivity contribution in [3.8, 4) is 33.4 Å². The first-order valence-electron chi connectivity index (χ1n) is 19.8. The second-order valence-corrected chi connectivity index (χ2v) is 16.6. The molecule has 0 saturated heterocycles. The molecule has 0 radical (unpaired) electrons. The Hall–Kier alpha value is -6.02. The molecule has 0 amide bonds. The van der Waals surface area contributed by atoms with Crippen molar-refractivity contribution < 1.29 is 0 Å². The van der Waals surface area contributed by atoms with Crippen LogP contribution in [-0.2, 0) is 5.41 Å². The summed E-state index contributed by atoms with van der Waals surface area (Å²) in [6.45, 7) is 0. The van der Waals surface area contributed by atoms with Crippen LogP contribution in [0.4, 0.5) is 0 Å². The van der Waals surface area contributed by atoms with Crippen LogP contribution in [0.3, 0.4) is 0 Å². The Morgan fingerprint density at radius 1 is 0.327 bits per heavy atom. The van der Waals surface area contributed by atoms with Gasteiger partial charge < -0.3 is 0 Å². The fourth-order valence-electron chi connectivity index (χ4n) is 9.77. The van der Waals surface area contributed by atoms with Gasteiger partial charge in [-0.25, -0.2) is 0 Å². The molecule has 0 aliphatic heterocycles. The topological polar surface area (TPSA) is 0 Å². The summed E-state index contributed by atoms with van der Waals surface area (Å²) in [6, 6.07) is 68.6. The van der Waals surface area contributed by atoms with Gasteiger partial charge in [0.2, 0.25) is 0 Å². The van der Waals surface area contributed by atoms with E-state index >= 15 is 0 Å². The molecular formula is C54H40S. The maximum atomic E-state index is 2.43. The third-order valence-electron chi connectivity index (χ3n) is 12.6. The number of rotatable bonds is 5. The van der Waals surface area contributed by atoms with Crippen LogP contribution in [0.1, 0.15) is 43.2 Å². The largest absolute Gasteiger partial charge is 0.135 e. The van der Waals surface area contributed by atoms with Gasteiger partial charge in [0.1, 0.15) is 0 Å². The van der Waals surface area contributed by atoms with Gasteiger partial charge in [-0.05, 0) is 108 Å². The third kappa shape index (κ3) is 5.33. The number of benzene rings is 9. The molecule has 11 rings (SSSR count). The van der Waals surface area contributed by atoms with Crippen molar-refractivity contribution in [1.29, 1.82) is 0 Å². The van der Waals surface area contributed by atoms with Gasteiger partial charge in [-0.2, -0.15) is 0 Å². The summed E-state index contributed by atoms with van der Waals surface area (Å²) in [5, 5.41) is 10.6. The summed E-state index contributed by atoms with van der Waals surface area (Å²) in [6.07, 6.45) is 6.23. The lowest BCUT2D eigenvalue weighted by Gasteiger charge is -2.39. The van der Waals surface area contributed by atoms with Crippen molar-refractivity contribution >= 4 is 63.8 Å². The van der Waals surface area contributed by atoms with Crippen LogP contribution in [-0.4, -0.2) is 0 Å². The van der Waals surface area contributed by atoms with E-state index in [0.717, 1.165) is 0 Å². The molecule has 0 bridgehead atoms. The lowest BCUT2D eigenvalue weighted by Crippen LogP contribution is -2.30. The Bertz CT molecular complexity index is 3030. The third-order valence-corrected chi connectivity index (χ3v) is 13.8. The molecule has 1 saturated carbocycles. The second kappa shape index (κ2) is 13.1. The fraction of sp³-hybridized carbons (Fsp3) is 0.111. The van der Waals surface area contributed by atoms with Crippen LogP contribution >= 0.6 is 11.3 Å². The van der Waals surface area contributed by atoms with Gasteiger partial charge >= 0.3 is 0 Å². The Balaban J connectivity index is 0.979. The van der Waals surface area contributed by atoms with Crippen LogP contribution in [0.5, 0.6) is 0 Å². The van der Waals surface area contributed by atoms with Crippen molar-refractivity contribution in [3.63, 3.8) is 0 Å². The molecule has 1 aliphatic carbocycles. The van der Waals surface area contributed by atoms with E-state index < -0.39 is 0 Å². The van der Waals surface area contributed by atoms with Gasteiger partial charge in [0.25, 0.3) is 0 Å². The first-order valence-corrected chi connectivity index (χ1v) is 20.6. The monoisotopic (exact) mass is 720 g/mol. The Morgan fingerprint density at radius 2 is 0.818 bits per heavy atom. The van der Waals surface area contributed by atoms with Crippen molar-refractivity contribution in [2.45, 2.75) is 37.5 Å². The number of hydrogen-bond donors (Lipinski definition) is 0. The van der Waals surface area contributed by atoms with E-state index in [1.165, 1.54) is 129 Å². The van der Waals surface area contributed by atoms with Gasteiger partial charge in [-0.3, -0.25) is 0 Å². The van der Waals surface area contributed by atoms with Crippen LogP contribution in [0.15, 0.2) is 182 Å². The molecule has 0 nitrogen and oxygen atoms in total. The molecule has 0 atom stereocenters. The first kappa shape index (κ1) is 32.4. The second-order valence-electron chi connectivity index (χ2n) is 15.5. The average Bonchev–Trinajstić information content (AvgIpc) is 3.66. The standard InChI is InChI=1S/C54H40S/c1-3-12-36(13-4-1)39-24-30-46-44-14-5-6-15-45(44)47-31-25-40(35-51(47)50(46)34-39)37-20-26-41(27-21-37)54(32-9-2-10-33-54)42-28-22-38(23-29-42)43-17-11-18-49-48-16-7-8-19-52(48)55-53(43)49/h1,3-8,11-31,34-35H,2,9-10,32-33H2. The predicted molar refractivity (Wildman–Crippen MR) is 238 cm³/mol. The van der Waals surface area contributed by atoms with Crippen LogP contribution in [0.2, 0.25) is 0 Å². The summed E-state index contributed by atoms with van der Waals surface area (Å²) >= 11 is 1.91. The molecule has 1 aromatic heterocycles. The van der Waals surface area contributed by atoms with Crippen molar-refractivity contribution in [2.75, 3.05) is 0 Å². The van der Waals surface area contributed by atoms with Crippen LogP contribution in [0, 0.1) is 0 Å². The zero-order valence-corrected chi connectivity index (χ0v) is 31.6. The normalized spacial score (nSPS) is 14.3. The van der Waals surface area contributed by atoms with Crippen molar-refractivity contribution in [3.05, 3.63) is 193 Å². The summed E-state index contributed by atoms with van der Waals surface area (Å²) in [7, 11) is 0. The predicted octanol–water partition coefficient (Wildman–Crippen LogP) is 15.8. The molecule has 55 heavy (non-hydrogen) atoms. The van der Waals surface area contributed by atoms with E-state index in [4.69, 9.17) is 0 Å². The maximum absolute atomic E-state index is 2.43. The molecule has 9 aromatic carbocycles. The smallest absolute Gasteiger partial charge is 0.0433 e.